The first-order valence-corrected chi connectivity index (χ1v) is 7.84. The third-order valence-electron chi connectivity index (χ3n) is 3.31. The van der Waals surface area contributed by atoms with Gasteiger partial charge in [-0.1, -0.05) is 30.7 Å². The van der Waals surface area contributed by atoms with E-state index in [1.165, 1.54) is 20.9 Å². The molecule has 0 saturated carbocycles. The fourth-order valence-electron chi connectivity index (χ4n) is 2.19. The molecule has 0 fully saturated rings. The number of hydrogen-bond acceptors (Lipinski definition) is 2. The van der Waals surface area contributed by atoms with Crippen LogP contribution in [0.4, 0.5) is 0 Å². The highest BCUT2D eigenvalue weighted by Gasteiger charge is 2.14. The highest BCUT2D eigenvalue weighted by Crippen LogP contribution is 2.29. The molecule has 3 heteroatoms. The Bertz CT molecular complexity index is 528. The van der Waals surface area contributed by atoms with Crippen LogP contribution in [0.15, 0.2) is 30.3 Å². The zero-order valence-corrected chi connectivity index (χ0v) is 13.2. The van der Waals surface area contributed by atoms with Crippen LogP contribution in [0.3, 0.4) is 0 Å². The van der Waals surface area contributed by atoms with Gasteiger partial charge in [0, 0.05) is 20.8 Å². The second-order valence-electron chi connectivity index (χ2n) is 4.83. The minimum Gasteiger partial charge on any atom is -0.309 e. The minimum atomic E-state index is 0.376. The van der Waals surface area contributed by atoms with Gasteiger partial charge < -0.3 is 5.32 Å². The smallest absolute Gasteiger partial charge is 0.0455 e. The van der Waals surface area contributed by atoms with Crippen molar-refractivity contribution in [1.82, 2.24) is 5.32 Å². The number of likely N-dealkylation sites (N-methyl/N-ethyl adjacent to an activating group) is 1. The Labute approximate surface area is 124 Å². The summed E-state index contributed by atoms with van der Waals surface area (Å²) in [6, 6.07) is 10.8. The first kappa shape index (κ1) is 14.6. The van der Waals surface area contributed by atoms with Gasteiger partial charge in [-0.05, 0) is 56.1 Å². The lowest BCUT2D eigenvalue weighted by atomic mass is 10.0. The van der Waals surface area contributed by atoms with Crippen molar-refractivity contribution in [3.05, 3.63) is 56.2 Å². The third-order valence-corrected chi connectivity index (χ3v) is 4.81. The lowest BCUT2D eigenvalue weighted by Gasteiger charge is -2.16. The molecule has 2 aromatic rings. The quantitative estimate of drug-likeness (QED) is 0.826. The summed E-state index contributed by atoms with van der Waals surface area (Å²) in [4.78, 5) is 2.82. The molecule has 0 aliphatic carbocycles. The van der Waals surface area contributed by atoms with Gasteiger partial charge in [0.05, 0.1) is 0 Å². The first-order chi connectivity index (χ1) is 9.10. The number of aryl methyl sites for hydroxylation is 2. The van der Waals surface area contributed by atoms with Crippen molar-refractivity contribution in [1.29, 1.82) is 0 Å². The maximum Gasteiger partial charge on any atom is 0.0455 e. The second-order valence-corrected chi connectivity index (χ2v) is 6.56. The lowest BCUT2D eigenvalue weighted by molar-refractivity contribution is 0.558. The normalized spacial score (nSPS) is 12.6. The fraction of sp³-hybridized carbons (Fsp3) is 0.375. The van der Waals surface area contributed by atoms with Crippen LogP contribution in [0.25, 0.3) is 0 Å². The van der Waals surface area contributed by atoms with Crippen molar-refractivity contribution < 1.29 is 0 Å². The molecule has 1 nitrogen and oxygen atoms in total. The molecule has 1 aromatic carbocycles. The molecular formula is C16H20ClNS. The molecule has 0 aliphatic rings. The third kappa shape index (κ3) is 3.82. The van der Waals surface area contributed by atoms with E-state index in [0.717, 1.165) is 18.0 Å². The van der Waals surface area contributed by atoms with Crippen LogP contribution < -0.4 is 5.32 Å². The first-order valence-electron chi connectivity index (χ1n) is 6.65. The van der Waals surface area contributed by atoms with Gasteiger partial charge in [-0.25, -0.2) is 0 Å². The van der Waals surface area contributed by atoms with Gasteiger partial charge in [-0.3, -0.25) is 0 Å². The van der Waals surface area contributed by atoms with E-state index in [2.05, 4.69) is 44.3 Å². The highest BCUT2D eigenvalue weighted by atomic mass is 35.5. The van der Waals surface area contributed by atoms with Crippen LogP contribution in [0, 0.1) is 13.8 Å². The van der Waals surface area contributed by atoms with Crippen LogP contribution in [-0.2, 0) is 6.42 Å². The zero-order valence-electron chi connectivity index (χ0n) is 11.7. The number of nitrogens with one attached hydrogen (secondary N) is 1. The molecule has 1 aromatic heterocycles. The Morgan fingerprint density at radius 3 is 2.63 bits per heavy atom. The van der Waals surface area contributed by atoms with Crippen LogP contribution in [0.2, 0.25) is 5.02 Å². The van der Waals surface area contributed by atoms with Crippen LogP contribution >= 0.6 is 22.9 Å². The summed E-state index contributed by atoms with van der Waals surface area (Å²) in [5.41, 5.74) is 2.66. The molecule has 102 valence electrons. The van der Waals surface area contributed by atoms with E-state index in [1.54, 1.807) is 0 Å². The predicted octanol–water partition coefficient (Wildman–Crippen LogP) is 4.91. The number of hydrogen-bond donors (Lipinski definition) is 1. The van der Waals surface area contributed by atoms with E-state index < -0.39 is 0 Å². The standard InChI is InChI=1S/C16H20ClNS/c1-4-18-15(16-8-11(2)12(3)19-16)10-13-6-5-7-14(17)9-13/h5-9,15,18H,4,10H2,1-3H3. The Balaban J connectivity index is 2.20. The van der Waals surface area contributed by atoms with Gasteiger partial charge in [0.1, 0.15) is 0 Å². The SMILES string of the molecule is CCNC(Cc1cccc(Cl)c1)c1cc(C)c(C)s1. The lowest BCUT2D eigenvalue weighted by Crippen LogP contribution is -2.22. The van der Waals surface area contributed by atoms with Gasteiger partial charge >= 0.3 is 0 Å². The van der Waals surface area contributed by atoms with Crippen molar-refractivity contribution in [2.75, 3.05) is 6.54 Å². The molecule has 1 unspecified atom stereocenters. The summed E-state index contributed by atoms with van der Waals surface area (Å²) < 4.78 is 0. The molecule has 0 aliphatic heterocycles. The number of rotatable bonds is 5. The molecule has 19 heavy (non-hydrogen) atoms. The zero-order chi connectivity index (χ0) is 13.8. The van der Waals surface area contributed by atoms with E-state index in [0.29, 0.717) is 6.04 Å². The molecular weight excluding hydrogens is 274 g/mol. The summed E-state index contributed by atoms with van der Waals surface area (Å²) in [5, 5.41) is 4.39. The Kier molecular flexibility index (Phi) is 5.03. The number of halogens is 1. The van der Waals surface area contributed by atoms with Gasteiger partial charge in [-0.2, -0.15) is 0 Å². The molecule has 1 atom stereocenters. The average molecular weight is 294 g/mol. The van der Waals surface area contributed by atoms with E-state index in [9.17, 15) is 0 Å². The highest BCUT2D eigenvalue weighted by molar-refractivity contribution is 7.12. The van der Waals surface area contributed by atoms with Crippen molar-refractivity contribution in [3.8, 4) is 0 Å². The Hall–Kier alpha value is -0.830. The second kappa shape index (κ2) is 6.56. The topological polar surface area (TPSA) is 12.0 Å². The largest absolute Gasteiger partial charge is 0.309 e. The van der Waals surface area contributed by atoms with Gasteiger partial charge in [0.15, 0.2) is 0 Å². The Morgan fingerprint density at radius 2 is 2.05 bits per heavy atom. The van der Waals surface area contributed by atoms with Crippen molar-refractivity contribution in [3.63, 3.8) is 0 Å². The summed E-state index contributed by atoms with van der Waals surface area (Å²) >= 11 is 7.95. The molecule has 0 amide bonds. The Morgan fingerprint density at radius 1 is 1.26 bits per heavy atom. The fourth-order valence-corrected chi connectivity index (χ4v) is 3.52. The van der Waals surface area contributed by atoms with Crippen molar-refractivity contribution >= 4 is 22.9 Å². The van der Waals surface area contributed by atoms with E-state index >= 15 is 0 Å². The van der Waals surface area contributed by atoms with E-state index in [4.69, 9.17) is 11.6 Å². The maximum absolute atomic E-state index is 6.06. The molecule has 0 radical (unpaired) electrons. The summed E-state index contributed by atoms with van der Waals surface area (Å²) in [7, 11) is 0. The maximum atomic E-state index is 6.06. The van der Waals surface area contributed by atoms with Crippen molar-refractivity contribution in [2.45, 2.75) is 33.2 Å². The van der Waals surface area contributed by atoms with Crippen LogP contribution in [0.1, 0.15) is 33.8 Å². The van der Waals surface area contributed by atoms with Gasteiger partial charge in [-0.15, -0.1) is 11.3 Å². The summed E-state index contributed by atoms with van der Waals surface area (Å²) in [6.07, 6.45) is 0.980. The van der Waals surface area contributed by atoms with Crippen LogP contribution in [-0.4, -0.2) is 6.54 Å². The predicted molar refractivity (Wildman–Crippen MR) is 85.4 cm³/mol. The molecule has 0 spiro atoms. The molecule has 1 N–H and O–H groups in total. The van der Waals surface area contributed by atoms with Crippen molar-refractivity contribution in [2.24, 2.45) is 0 Å². The monoisotopic (exact) mass is 293 g/mol. The van der Waals surface area contributed by atoms with Gasteiger partial charge in [0.2, 0.25) is 0 Å². The molecule has 2 rings (SSSR count). The van der Waals surface area contributed by atoms with Gasteiger partial charge in [0.25, 0.3) is 0 Å². The molecule has 1 heterocycles. The molecule has 0 bridgehead atoms. The average Bonchev–Trinajstić information content (AvgIpc) is 2.69. The number of benzene rings is 1. The number of thiophene rings is 1. The minimum absolute atomic E-state index is 0.376. The summed E-state index contributed by atoms with van der Waals surface area (Å²) in [6.45, 7) is 7.49. The summed E-state index contributed by atoms with van der Waals surface area (Å²) in [5.74, 6) is 0. The molecule has 0 saturated heterocycles. The van der Waals surface area contributed by atoms with E-state index in [1.807, 2.05) is 23.5 Å². The van der Waals surface area contributed by atoms with E-state index in [-0.39, 0.29) is 0 Å². The van der Waals surface area contributed by atoms with Crippen LogP contribution in [0.5, 0.6) is 0 Å².